The fourth-order valence-corrected chi connectivity index (χ4v) is 2.47. The van der Waals surface area contributed by atoms with Crippen LogP contribution < -0.4 is 10.6 Å². The third kappa shape index (κ3) is 4.71. The molecule has 2 aromatic carbocycles. The van der Waals surface area contributed by atoms with Crippen LogP contribution in [-0.2, 0) is 6.42 Å². The van der Waals surface area contributed by atoms with Crippen LogP contribution in [0.1, 0.15) is 35.3 Å². The molecule has 0 aliphatic heterocycles. The van der Waals surface area contributed by atoms with Gasteiger partial charge in [-0.25, -0.2) is 0 Å². The Morgan fingerprint density at radius 2 is 1.73 bits per heavy atom. The van der Waals surface area contributed by atoms with E-state index in [9.17, 15) is 4.79 Å². The first-order valence-corrected chi connectivity index (χ1v) is 7.84. The predicted molar refractivity (Wildman–Crippen MR) is 91.2 cm³/mol. The van der Waals surface area contributed by atoms with Crippen molar-refractivity contribution in [3.8, 4) is 0 Å². The van der Waals surface area contributed by atoms with Crippen LogP contribution in [0.25, 0.3) is 0 Å². The SMILES string of the molecule is CCN[C@H](C)CNC(=O)c1ccccc1Cc1ccccc1. The van der Waals surface area contributed by atoms with E-state index in [0.29, 0.717) is 6.54 Å². The molecule has 2 N–H and O–H groups in total. The normalized spacial score (nSPS) is 11.9. The van der Waals surface area contributed by atoms with Gasteiger partial charge in [-0.05, 0) is 37.1 Å². The minimum Gasteiger partial charge on any atom is -0.350 e. The van der Waals surface area contributed by atoms with Crippen LogP contribution in [0.15, 0.2) is 54.6 Å². The van der Waals surface area contributed by atoms with Crippen molar-refractivity contribution >= 4 is 5.91 Å². The average molecular weight is 296 g/mol. The molecule has 3 heteroatoms. The molecule has 3 nitrogen and oxygen atoms in total. The molecule has 0 radical (unpaired) electrons. The van der Waals surface area contributed by atoms with Crippen molar-refractivity contribution < 1.29 is 4.79 Å². The molecule has 0 heterocycles. The van der Waals surface area contributed by atoms with Crippen LogP contribution in [0.5, 0.6) is 0 Å². The lowest BCUT2D eigenvalue weighted by Crippen LogP contribution is -2.39. The van der Waals surface area contributed by atoms with Gasteiger partial charge in [0, 0.05) is 18.2 Å². The van der Waals surface area contributed by atoms with Crippen molar-refractivity contribution in [3.05, 3.63) is 71.3 Å². The molecule has 2 rings (SSSR count). The molecule has 0 bridgehead atoms. The van der Waals surface area contributed by atoms with Gasteiger partial charge in [0.15, 0.2) is 0 Å². The Kier molecular flexibility index (Phi) is 6.16. The topological polar surface area (TPSA) is 41.1 Å². The van der Waals surface area contributed by atoms with Crippen molar-refractivity contribution in [2.45, 2.75) is 26.3 Å². The van der Waals surface area contributed by atoms with Gasteiger partial charge >= 0.3 is 0 Å². The van der Waals surface area contributed by atoms with Gasteiger partial charge in [0.1, 0.15) is 0 Å². The summed E-state index contributed by atoms with van der Waals surface area (Å²) in [5, 5.41) is 6.30. The number of hydrogen-bond donors (Lipinski definition) is 2. The molecular weight excluding hydrogens is 272 g/mol. The standard InChI is InChI=1S/C19H24N2O/c1-3-20-15(2)14-21-19(22)18-12-8-7-11-17(18)13-16-9-5-4-6-10-16/h4-12,15,20H,3,13-14H2,1-2H3,(H,21,22)/t15-/m1/s1. The van der Waals surface area contributed by atoms with Crippen molar-refractivity contribution in [3.63, 3.8) is 0 Å². The number of rotatable bonds is 7. The summed E-state index contributed by atoms with van der Waals surface area (Å²) in [5.74, 6) is -0.00344. The summed E-state index contributed by atoms with van der Waals surface area (Å²) in [7, 11) is 0. The molecule has 0 aliphatic rings. The Labute approximate surface area is 132 Å². The van der Waals surface area contributed by atoms with Gasteiger partial charge in [0.05, 0.1) is 0 Å². The van der Waals surface area contributed by atoms with Gasteiger partial charge in [-0.2, -0.15) is 0 Å². The van der Waals surface area contributed by atoms with Crippen molar-refractivity contribution in [2.24, 2.45) is 0 Å². The zero-order chi connectivity index (χ0) is 15.8. The fourth-order valence-electron chi connectivity index (χ4n) is 2.47. The monoisotopic (exact) mass is 296 g/mol. The molecule has 0 fully saturated rings. The minimum atomic E-state index is -0.00344. The Bertz CT molecular complexity index is 595. The highest BCUT2D eigenvalue weighted by Gasteiger charge is 2.11. The van der Waals surface area contributed by atoms with Crippen LogP contribution in [0.2, 0.25) is 0 Å². The maximum Gasteiger partial charge on any atom is 0.251 e. The van der Waals surface area contributed by atoms with E-state index in [1.54, 1.807) is 0 Å². The molecule has 0 spiro atoms. The Morgan fingerprint density at radius 1 is 1.05 bits per heavy atom. The molecule has 0 aromatic heterocycles. The molecule has 0 aliphatic carbocycles. The lowest BCUT2D eigenvalue weighted by Gasteiger charge is -2.15. The van der Waals surface area contributed by atoms with Crippen LogP contribution in [0.4, 0.5) is 0 Å². The van der Waals surface area contributed by atoms with E-state index in [-0.39, 0.29) is 11.9 Å². The number of carbonyl (C=O) groups excluding carboxylic acids is 1. The number of amides is 1. The van der Waals surface area contributed by atoms with E-state index in [4.69, 9.17) is 0 Å². The summed E-state index contributed by atoms with van der Waals surface area (Å²) < 4.78 is 0. The van der Waals surface area contributed by atoms with Crippen molar-refractivity contribution in [2.75, 3.05) is 13.1 Å². The lowest BCUT2D eigenvalue weighted by molar-refractivity contribution is 0.0949. The highest BCUT2D eigenvalue weighted by Crippen LogP contribution is 2.14. The van der Waals surface area contributed by atoms with Crippen molar-refractivity contribution in [1.29, 1.82) is 0 Å². The van der Waals surface area contributed by atoms with Gasteiger partial charge in [-0.15, -0.1) is 0 Å². The number of carbonyl (C=O) groups is 1. The third-order valence-electron chi connectivity index (χ3n) is 3.62. The summed E-state index contributed by atoms with van der Waals surface area (Å²) in [6, 6.07) is 18.3. The maximum atomic E-state index is 12.4. The van der Waals surface area contributed by atoms with Crippen LogP contribution in [0.3, 0.4) is 0 Å². The van der Waals surface area contributed by atoms with E-state index < -0.39 is 0 Å². The zero-order valence-corrected chi connectivity index (χ0v) is 13.3. The number of likely N-dealkylation sites (N-methyl/N-ethyl adjacent to an activating group) is 1. The molecule has 1 amide bonds. The second-order valence-corrected chi connectivity index (χ2v) is 5.49. The first-order chi connectivity index (χ1) is 10.7. The zero-order valence-electron chi connectivity index (χ0n) is 13.3. The lowest BCUT2D eigenvalue weighted by atomic mass is 9.99. The second kappa shape index (κ2) is 8.35. The summed E-state index contributed by atoms with van der Waals surface area (Å²) in [6.45, 7) is 5.67. The van der Waals surface area contributed by atoms with Gasteiger partial charge < -0.3 is 10.6 Å². The number of nitrogens with one attached hydrogen (secondary N) is 2. The fraction of sp³-hybridized carbons (Fsp3) is 0.316. The van der Waals surface area contributed by atoms with Gasteiger partial charge in [-0.1, -0.05) is 55.5 Å². The molecule has 2 aromatic rings. The van der Waals surface area contributed by atoms with Gasteiger partial charge in [-0.3, -0.25) is 4.79 Å². The van der Waals surface area contributed by atoms with E-state index in [1.165, 1.54) is 5.56 Å². The van der Waals surface area contributed by atoms with Gasteiger partial charge in [0.2, 0.25) is 0 Å². The molecule has 0 saturated heterocycles. The average Bonchev–Trinajstić information content (AvgIpc) is 2.54. The highest BCUT2D eigenvalue weighted by molar-refractivity contribution is 5.95. The van der Waals surface area contributed by atoms with Crippen molar-refractivity contribution in [1.82, 2.24) is 10.6 Å². The molecule has 116 valence electrons. The van der Waals surface area contributed by atoms with Crippen LogP contribution >= 0.6 is 0 Å². The third-order valence-corrected chi connectivity index (χ3v) is 3.62. The quantitative estimate of drug-likeness (QED) is 0.824. The Hall–Kier alpha value is -2.13. The summed E-state index contributed by atoms with van der Waals surface area (Å²) >= 11 is 0. The first-order valence-electron chi connectivity index (χ1n) is 7.84. The largest absolute Gasteiger partial charge is 0.350 e. The van der Waals surface area contributed by atoms with E-state index >= 15 is 0 Å². The summed E-state index contributed by atoms with van der Waals surface area (Å²) in [4.78, 5) is 12.4. The van der Waals surface area contributed by atoms with Crippen LogP contribution in [-0.4, -0.2) is 25.0 Å². The smallest absolute Gasteiger partial charge is 0.251 e. The number of benzene rings is 2. The predicted octanol–water partition coefficient (Wildman–Crippen LogP) is 3.01. The Morgan fingerprint density at radius 3 is 2.45 bits per heavy atom. The molecule has 1 atom stereocenters. The second-order valence-electron chi connectivity index (χ2n) is 5.49. The molecule has 0 saturated carbocycles. The van der Waals surface area contributed by atoms with Gasteiger partial charge in [0.25, 0.3) is 5.91 Å². The van der Waals surface area contributed by atoms with Crippen LogP contribution in [0, 0.1) is 0 Å². The number of hydrogen-bond acceptors (Lipinski definition) is 2. The highest BCUT2D eigenvalue weighted by atomic mass is 16.1. The Balaban J connectivity index is 2.06. The molecule has 22 heavy (non-hydrogen) atoms. The summed E-state index contributed by atoms with van der Waals surface area (Å²) in [5.41, 5.74) is 3.03. The minimum absolute atomic E-state index is 0.00344. The summed E-state index contributed by atoms with van der Waals surface area (Å²) in [6.07, 6.45) is 0.771. The van der Waals surface area contributed by atoms with E-state index in [2.05, 4.69) is 36.6 Å². The van der Waals surface area contributed by atoms with E-state index in [1.807, 2.05) is 42.5 Å². The first kappa shape index (κ1) is 16.2. The molecule has 0 unspecified atom stereocenters. The molecular formula is C19H24N2O. The van der Waals surface area contributed by atoms with E-state index in [0.717, 1.165) is 24.1 Å². The maximum absolute atomic E-state index is 12.4.